The Kier molecular flexibility index (Phi) is 4.01. The van der Waals surface area contributed by atoms with Crippen molar-refractivity contribution >= 4 is 36.0 Å². The molecule has 1 aliphatic rings. The van der Waals surface area contributed by atoms with E-state index in [2.05, 4.69) is 18.7 Å². The Bertz CT molecular complexity index is 437. The van der Waals surface area contributed by atoms with Crippen LogP contribution in [0.4, 0.5) is 5.69 Å². The number of carbonyl (C=O) groups excluding carboxylic acids is 1. The predicted molar refractivity (Wildman–Crippen MR) is 75.9 cm³/mol. The average Bonchev–Trinajstić information content (AvgIpc) is 2.34. The Morgan fingerprint density at radius 1 is 1.53 bits per heavy atom. The van der Waals surface area contributed by atoms with Gasteiger partial charge in [0, 0.05) is 23.7 Å². The summed E-state index contributed by atoms with van der Waals surface area (Å²) in [6.45, 7) is 3.09. The number of carbonyl (C=O) groups is 1. The Labute approximate surface area is 111 Å². The smallest absolute Gasteiger partial charge is 0.240 e. The first-order valence-electron chi connectivity index (χ1n) is 5.59. The topological polar surface area (TPSA) is 46.3 Å². The minimum atomic E-state index is -0.0221. The number of benzene rings is 1. The van der Waals surface area contributed by atoms with Crippen molar-refractivity contribution < 1.29 is 4.79 Å². The Hall–Kier alpha value is -0.650. The van der Waals surface area contributed by atoms with Gasteiger partial charge in [0.2, 0.25) is 5.91 Å². The molecule has 1 aromatic rings. The van der Waals surface area contributed by atoms with Crippen molar-refractivity contribution in [2.75, 3.05) is 17.2 Å². The van der Waals surface area contributed by atoms with Crippen LogP contribution in [0.25, 0.3) is 0 Å². The lowest BCUT2D eigenvalue weighted by Crippen LogP contribution is -2.41. The van der Waals surface area contributed by atoms with Gasteiger partial charge in [-0.05, 0) is 24.6 Å². The van der Waals surface area contributed by atoms with Crippen LogP contribution in [0.3, 0.4) is 0 Å². The van der Waals surface area contributed by atoms with Crippen LogP contribution in [-0.2, 0) is 11.3 Å². The van der Waals surface area contributed by atoms with E-state index in [1.54, 1.807) is 11.8 Å². The second-order valence-corrected chi connectivity index (χ2v) is 5.81. The number of thiol groups is 1. The van der Waals surface area contributed by atoms with Gasteiger partial charge in [-0.3, -0.25) is 4.79 Å². The molecule has 1 amide bonds. The lowest BCUT2D eigenvalue weighted by molar-refractivity contribution is -0.117. The van der Waals surface area contributed by atoms with E-state index >= 15 is 0 Å². The summed E-state index contributed by atoms with van der Waals surface area (Å²) >= 11 is 5.83. The zero-order valence-electron chi connectivity index (χ0n) is 9.72. The van der Waals surface area contributed by atoms with Crippen LogP contribution in [-0.4, -0.2) is 23.5 Å². The molecule has 0 radical (unpaired) electrons. The van der Waals surface area contributed by atoms with Gasteiger partial charge in [-0.1, -0.05) is 6.07 Å². The minimum Gasteiger partial charge on any atom is -0.326 e. The number of nitrogens with two attached hydrogens (primary N) is 1. The van der Waals surface area contributed by atoms with Gasteiger partial charge in [0.15, 0.2) is 0 Å². The van der Waals surface area contributed by atoms with Gasteiger partial charge in [-0.25, -0.2) is 0 Å². The summed E-state index contributed by atoms with van der Waals surface area (Å²) in [5, 5.41) is -0.0221. The van der Waals surface area contributed by atoms with Crippen LogP contribution in [0.2, 0.25) is 0 Å². The van der Waals surface area contributed by atoms with Crippen LogP contribution < -0.4 is 10.6 Å². The fourth-order valence-electron chi connectivity index (χ4n) is 1.91. The van der Waals surface area contributed by atoms with Crippen molar-refractivity contribution in [1.29, 1.82) is 0 Å². The average molecular weight is 268 g/mol. The van der Waals surface area contributed by atoms with E-state index in [0.29, 0.717) is 18.8 Å². The van der Waals surface area contributed by atoms with Crippen molar-refractivity contribution in [2.24, 2.45) is 5.73 Å². The lowest BCUT2D eigenvalue weighted by Gasteiger charge is -2.32. The van der Waals surface area contributed by atoms with Gasteiger partial charge in [0.25, 0.3) is 0 Å². The van der Waals surface area contributed by atoms with Crippen molar-refractivity contribution in [3.63, 3.8) is 0 Å². The highest BCUT2D eigenvalue weighted by Crippen LogP contribution is 2.39. The molecule has 1 atom stereocenters. The lowest BCUT2D eigenvalue weighted by atomic mass is 10.1. The fourth-order valence-corrected chi connectivity index (χ4v) is 3.16. The molecule has 17 heavy (non-hydrogen) atoms. The number of nitrogens with zero attached hydrogens (tertiary/aromatic N) is 1. The maximum atomic E-state index is 12.1. The number of hydrogen-bond acceptors (Lipinski definition) is 4. The van der Waals surface area contributed by atoms with Crippen LogP contribution in [0.5, 0.6) is 0 Å². The molecule has 0 aliphatic carbocycles. The maximum Gasteiger partial charge on any atom is 0.240 e. The van der Waals surface area contributed by atoms with Crippen LogP contribution >= 0.6 is 24.4 Å². The summed E-state index contributed by atoms with van der Waals surface area (Å²) in [6, 6.07) is 6.08. The van der Waals surface area contributed by atoms with Crippen LogP contribution in [0, 0.1) is 0 Å². The van der Waals surface area contributed by atoms with Gasteiger partial charge in [0.05, 0.1) is 10.9 Å². The molecule has 1 unspecified atom stereocenters. The number of hydrogen-bond donors (Lipinski definition) is 2. The van der Waals surface area contributed by atoms with Crippen molar-refractivity contribution in [3.05, 3.63) is 23.8 Å². The molecule has 2 rings (SSSR count). The molecule has 0 aromatic heterocycles. The van der Waals surface area contributed by atoms with E-state index in [1.807, 2.05) is 24.0 Å². The molecule has 0 saturated carbocycles. The minimum absolute atomic E-state index is 0.0221. The maximum absolute atomic E-state index is 12.1. The second-order valence-electron chi connectivity index (χ2n) is 3.98. The van der Waals surface area contributed by atoms with Crippen LogP contribution in [0.15, 0.2) is 23.1 Å². The highest BCUT2D eigenvalue weighted by Gasteiger charge is 2.30. The molecular formula is C12H16N2OS2. The highest BCUT2D eigenvalue weighted by molar-refractivity contribution is 8.01. The summed E-state index contributed by atoms with van der Waals surface area (Å²) in [5.74, 6) is 0.820. The monoisotopic (exact) mass is 268 g/mol. The molecule has 2 N–H and O–H groups in total. The largest absolute Gasteiger partial charge is 0.326 e. The molecule has 0 spiro atoms. The van der Waals surface area contributed by atoms with E-state index in [9.17, 15) is 4.79 Å². The SMILES string of the molecule is CC1Sc2ccc(CN)cc2N(CCS)C1=O. The summed E-state index contributed by atoms with van der Waals surface area (Å²) < 4.78 is 0. The number of anilines is 1. The van der Waals surface area contributed by atoms with Gasteiger partial charge in [0.1, 0.15) is 0 Å². The zero-order chi connectivity index (χ0) is 12.4. The van der Waals surface area contributed by atoms with E-state index in [4.69, 9.17) is 5.73 Å². The van der Waals surface area contributed by atoms with Gasteiger partial charge in [-0.2, -0.15) is 12.6 Å². The molecule has 0 fully saturated rings. The Morgan fingerprint density at radius 3 is 2.94 bits per heavy atom. The van der Waals surface area contributed by atoms with E-state index in [1.165, 1.54) is 0 Å². The molecular weight excluding hydrogens is 252 g/mol. The standard InChI is InChI=1S/C12H16N2OS2/c1-8-12(15)14(4-5-16)10-6-9(7-13)2-3-11(10)17-8/h2-3,6,8,16H,4-5,7,13H2,1H3. The van der Waals surface area contributed by atoms with Gasteiger partial charge >= 0.3 is 0 Å². The van der Waals surface area contributed by atoms with E-state index in [0.717, 1.165) is 16.1 Å². The van der Waals surface area contributed by atoms with Gasteiger partial charge in [-0.15, -0.1) is 11.8 Å². The summed E-state index contributed by atoms with van der Waals surface area (Å²) in [4.78, 5) is 15.1. The molecule has 0 bridgehead atoms. The third kappa shape index (κ3) is 2.46. The molecule has 5 heteroatoms. The zero-order valence-corrected chi connectivity index (χ0v) is 11.4. The summed E-state index contributed by atoms with van der Waals surface area (Å²) in [7, 11) is 0. The molecule has 1 heterocycles. The molecule has 0 saturated heterocycles. The molecule has 92 valence electrons. The number of rotatable bonds is 3. The highest BCUT2D eigenvalue weighted by atomic mass is 32.2. The third-order valence-electron chi connectivity index (χ3n) is 2.79. The van der Waals surface area contributed by atoms with Crippen molar-refractivity contribution in [1.82, 2.24) is 0 Å². The quantitative estimate of drug-likeness (QED) is 0.823. The number of fused-ring (bicyclic) bond motifs is 1. The molecule has 1 aliphatic heterocycles. The Morgan fingerprint density at radius 2 is 2.29 bits per heavy atom. The second kappa shape index (κ2) is 5.33. The number of amides is 1. The summed E-state index contributed by atoms with van der Waals surface area (Å²) in [6.07, 6.45) is 0. The first kappa shape index (κ1) is 12.8. The normalized spacial score (nSPS) is 19.4. The van der Waals surface area contributed by atoms with E-state index in [-0.39, 0.29) is 11.2 Å². The molecule has 3 nitrogen and oxygen atoms in total. The van der Waals surface area contributed by atoms with Crippen LogP contribution in [0.1, 0.15) is 12.5 Å². The predicted octanol–water partition coefficient (Wildman–Crippen LogP) is 1.90. The fraction of sp³-hybridized carbons (Fsp3) is 0.417. The molecule has 1 aromatic carbocycles. The van der Waals surface area contributed by atoms with Crippen molar-refractivity contribution in [2.45, 2.75) is 23.6 Å². The first-order valence-corrected chi connectivity index (χ1v) is 7.10. The number of thioether (sulfide) groups is 1. The van der Waals surface area contributed by atoms with Gasteiger partial charge < -0.3 is 10.6 Å². The van der Waals surface area contributed by atoms with E-state index < -0.39 is 0 Å². The van der Waals surface area contributed by atoms with Crippen molar-refractivity contribution in [3.8, 4) is 0 Å². The first-order chi connectivity index (χ1) is 8.17. The summed E-state index contributed by atoms with van der Waals surface area (Å²) in [5.41, 5.74) is 7.67. The Balaban J connectivity index is 2.43. The third-order valence-corrected chi connectivity index (χ3v) is 4.15.